The Labute approximate surface area is 193 Å². The van der Waals surface area contributed by atoms with Gasteiger partial charge in [-0.1, -0.05) is 43.5 Å². The van der Waals surface area contributed by atoms with E-state index in [1.165, 1.54) is 69.2 Å². The van der Waals surface area contributed by atoms with Crippen molar-refractivity contribution in [2.24, 2.45) is 0 Å². The molecule has 0 unspecified atom stereocenters. The fourth-order valence-electron chi connectivity index (χ4n) is 4.22. The highest BCUT2D eigenvalue weighted by Crippen LogP contribution is 2.34. The van der Waals surface area contributed by atoms with Gasteiger partial charge in [0.25, 0.3) is 10.0 Å². The van der Waals surface area contributed by atoms with Crippen molar-refractivity contribution in [2.45, 2.75) is 42.9 Å². The highest BCUT2D eigenvalue weighted by atomic mass is 32.2. The summed E-state index contributed by atoms with van der Waals surface area (Å²) in [6.45, 7) is 0. The van der Waals surface area contributed by atoms with Crippen molar-refractivity contribution in [3.8, 4) is 16.9 Å². The van der Waals surface area contributed by atoms with Crippen molar-refractivity contribution in [3.05, 3.63) is 72.1 Å². The number of aromatic nitrogens is 1. The van der Waals surface area contributed by atoms with Crippen LogP contribution in [0.1, 0.15) is 53.9 Å². The molecule has 0 radical (unpaired) electrons. The van der Waals surface area contributed by atoms with E-state index in [-0.39, 0.29) is 21.9 Å². The minimum atomic E-state index is -3.97. The number of sulfonamides is 1. The van der Waals surface area contributed by atoms with Crippen LogP contribution in [0.5, 0.6) is 5.75 Å². The van der Waals surface area contributed by atoms with Gasteiger partial charge < -0.3 is 9.84 Å². The number of nitrogens with zero attached hydrogens (tertiary/aromatic N) is 1. The minimum absolute atomic E-state index is 0.000668. The molecule has 8 heteroatoms. The van der Waals surface area contributed by atoms with Crippen LogP contribution in [0.4, 0.5) is 5.69 Å². The smallest absolute Gasteiger partial charge is 0.335 e. The molecule has 4 rings (SSSR count). The first-order valence-corrected chi connectivity index (χ1v) is 12.4. The number of carbonyl (C=O) groups is 1. The van der Waals surface area contributed by atoms with Crippen LogP contribution in [0.2, 0.25) is 0 Å². The highest BCUT2D eigenvalue weighted by molar-refractivity contribution is 7.92. The molecule has 1 fully saturated rings. The van der Waals surface area contributed by atoms with Crippen molar-refractivity contribution in [1.82, 2.24) is 4.98 Å². The van der Waals surface area contributed by atoms with E-state index in [1.807, 2.05) is 12.1 Å². The lowest BCUT2D eigenvalue weighted by Gasteiger charge is -2.22. The molecule has 0 aliphatic heterocycles. The van der Waals surface area contributed by atoms with Gasteiger partial charge in [0, 0.05) is 18.0 Å². The Morgan fingerprint density at radius 2 is 1.73 bits per heavy atom. The lowest BCUT2D eigenvalue weighted by Crippen LogP contribution is -2.14. The number of hydrogen-bond donors (Lipinski definition) is 2. The van der Waals surface area contributed by atoms with Gasteiger partial charge in [0.15, 0.2) is 0 Å². The van der Waals surface area contributed by atoms with Gasteiger partial charge in [-0.05, 0) is 54.2 Å². The Hall–Kier alpha value is -3.39. The van der Waals surface area contributed by atoms with Gasteiger partial charge in [-0.25, -0.2) is 13.2 Å². The summed E-state index contributed by atoms with van der Waals surface area (Å²) in [4.78, 5) is 15.3. The van der Waals surface area contributed by atoms with E-state index in [1.54, 1.807) is 12.3 Å². The van der Waals surface area contributed by atoms with Gasteiger partial charge in [-0.3, -0.25) is 9.71 Å². The Balaban J connectivity index is 1.57. The molecule has 2 aromatic carbocycles. The van der Waals surface area contributed by atoms with Crippen LogP contribution in [-0.2, 0) is 10.0 Å². The first kappa shape index (κ1) is 22.8. The number of hydrogen-bond acceptors (Lipinski definition) is 5. The first-order chi connectivity index (χ1) is 15.9. The van der Waals surface area contributed by atoms with Gasteiger partial charge in [0.2, 0.25) is 0 Å². The maximum atomic E-state index is 13.0. The van der Waals surface area contributed by atoms with Crippen molar-refractivity contribution in [3.63, 3.8) is 0 Å². The second-order valence-corrected chi connectivity index (χ2v) is 9.87. The summed E-state index contributed by atoms with van der Waals surface area (Å²) in [7, 11) is -2.63. The Morgan fingerprint density at radius 1 is 1.00 bits per heavy atom. The largest absolute Gasteiger partial charge is 0.495 e. The fraction of sp³-hybridized carbons (Fsp3) is 0.280. The van der Waals surface area contributed by atoms with Gasteiger partial charge in [-0.2, -0.15) is 0 Å². The summed E-state index contributed by atoms with van der Waals surface area (Å²) < 4.78 is 33.7. The number of pyridine rings is 1. The fourth-order valence-corrected chi connectivity index (χ4v) is 5.28. The number of ether oxygens (including phenoxy) is 1. The molecule has 7 nitrogen and oxygen atoms in total. The topological polar surface area (TPSA) is 106 Å². The number of nitrogens with one attached hydrogen (secondary N) is 1. The summed E-state index contributed by atoms with van der Waals surface area (Å²) in [5, 5.41) is 9.13. The SMILES string of the molecule is COc1cc(C(=O)O)ccc1NS(=O)(=O)c1cncc(-c2ccc(C3CCCCC3)cc2)c1. The van der Waals surface area contributed by atoms with E-state index in [0.717, 1.165) is 5.56 Å². The average Bonchev–Trinajstić information content (AvgIpc) is 2.84. The average molecular weight is 467 g/mol. The van der Waals surface area contributed by atoms with E-state index in [0.29, 0.717) is 11.5 Å². The first-order valence-electron chi connectivity index (χ1n) is 10.9. The Bertz CT molecular complexity index is 1250. The van der Waals surface area contributed by atoms with Gasteiger partial charge in [0.1, 0.15) is 10.6 Å². The summed E-state index contributed by atoms with van der Waals surface area (Å²) >= 11 is 0. The van der Waals surface area contributed by atoms with Crippen molar-refractivity contribution in [1.29, 1.82) is 0 Å². The standard InChI is InChI=1S/C25H26N2O5S/c1-32-24-14-20(25(28)29)11-12-23(24)27-33(30,31)22-13-21(15-26-16-22)19-9-7-18(8-10-19)17-5-3-2-4-6-17/h7-17,27H,2-6H2,1H3,(H,28,29). The summed E-state index contributed by atoms with van der Waals surface area (Å²) in [5.74, 6) is -0.417. The molecule has 1 heterocycles. The predicted octanol–water partition coefficient (Wildman–Crippen LogP) is 5.30. The van der Waals surface area contributed by atoms with Crippen molar-refractivity contribution in [2.75, 3.05) is 11.8 Å². The van der Waals surface area contributed by atoms with E-state index in [2.05, 4.69) is 21.8 Å². The molecule has 1 aliphatic rings. The molecule has 0 bridgehead atoms. The number of aromatic carboxylic acids is 1. The molecular formula is C25H26N2O5S. The molecule has 1 saturated carbocycles. The second-order valence-electron chi connectivity index (χ2n) is 8.19. The zero-order valence-corrected chi connectivity index (χ0v) is 19.1. The highest BCUT2D eigenvalue weighted by Gasteiger charge is 2.20. The molecule has 0 spiro atoms. The molecule has 2 N–H and O–H groups in total. The van der Waals surface area contributed by atoms with E-state index in [9.17, 15) is 13.2 Å². The molecule has 33 heavy (non-hydrogen) atoms. The predicted molar refractivity (Wildman–Crippen MR) is 126 cm³/mol. The maximum Gasteiger partial charge on any atom is 0.335 e. The molecular weight excluding hydrogens is 440 g/mol. The number of methoxy groups -OCH3 is 1. The van der Waals surface area contributed by atoms with Crippen LogP contribution in [0.15, 0.2) is 65.8 Å². The number of anilines is 1. The minimum Gasteiger partial charge on any atom is -0.495 e. The number of carboxylic acid groups (broad SMARTS) is 1. The molecule has 1 aromatic heterocycles. The second kappa shape index (κ2) is 9.62. The van der Waals surface area contributed by atoms with Crippen LogP contribution in [0.25, 0.3) is 11.1 Å². The zero-order valence-electron chi connectivity index (χ0n) is 18.3. The molecule has 0 atom stereocenters. The van der Waals surface area contributed by atoms with Crippen molar-refractivity contribution < 1.29 is 23.1 Å². The monoisotopic (exact) mass is 466 g/mol. The molecule has 1 aliphatic carbocycles. The van der Waals surface area contributed by atoms with E-state index >= 15 is 0 Å². The van der Waals surface area contributed by atoms with Crippen molar-refractivity contribution >= 4 is 21.7 Å². The molecule has 0 amide bonds. The number of rotatable bonds is 7. The lowest BCUT2D eigenvalue weighted by atomic mass is 9.84. The van der Waals surface area contributed by atoms with Crippen LogP contribution in [-0.4, -0.2) is 31.6 Å². The van der Waals surface area contributed by atoms with Crippen LogP contribution >= 0.6 is 0 Å². The van der Waals surface area contributed by atoms with Crippen LogP contribution in [0.3, 0.4) is 0 Å². The van der Waals surface area contributed by atoms with Crippen LogP contribution < -0.4 is 9.46 Å². The normalized spacial score (nSPS) is 14.6. The quantitative estimate of drug-likeness (QED) is 0.489. The Kier molecular flexibility index (Phi) is 6.65. The summed E-state index contributed by atoms with van der Waals surface area (Å²) in [6.07, 6.45) is 9.21. The Morgan fingerprint density at radius 3 is 2.39 bits per heavy atom. The van der Waals surface area contributed by atoms with Gasteiger partial charge in [0.05, 0.1) is 18.4 Å². The third-order valence-electron chi connectivity index (χ3n) is 6.04. The van der Waals surface area contributed by atoms with E-state index in [4.69, 9.17) is 9.84 Å². The third-order valence-corrected chi connectivity index (χ3v) is 7.37. The van der Waals surface area contributed by atoms with E-state index < -0.39 is 16.0 Å². The summed E-state index contributed by atoms with van der Waals surface area (Å²) in [6, 6.07) is 13.8. The maximum absolute atomic E-state index is 13.0. The lowest BCUT2D eigenvalue weighted by molar-refractivity contribution is 0.0696. The van der Waals surface area contributed by atoms with Crippen LogP contribution in [0, 0.1) is 0 Å². The van der Waals surface area contributed by atoms with Gasteiger partial charge >= 0.3 is 5.97 Å². The zero-order chi connectivity index (χ0) is 23.4. The molecule has 3 aromatic rings. The third kappa shape index (κ3) is 5.17. The molecule has 0 saturated heterocycles. The molecule has 172 valence electrons. The van der Waals surface area contributed by atoms with Gasteiger partial charge in [-0.15, -0.1) is 0 Å². The number of carboxylic acids is 1. The number of benzene rings is 2. The summed E-state index contributed by atoms with van der Waals surface area (Å²) in [5.41, 5.74) is 3.05.